The van der Waals surface area contributed by atoms with Crippen LogP contribution < -0.4 is 5.32 Å². The van der Waals surface area contributed by atoms with Gasteiger partial charge >= 0.3 is 5.97 Å². The van der Waals surface area contributed by atoms with Crippen LogP contribution in [-0.4, -0.2) is 44.4 Å². The molecule has 136 valence electrons. The van der Waals surface area contributed by atoms with Crippen molar-refractivity contribution in [3.05, 3.63) is 60.2 Å². The lowest BCUT2D eigenvalue weighted by atomic mass is 10.0. The quantitative estimate of drug-likeness (QED) is 0.808. The molecule has 0 unspecified atom stereocenters. The molecule has 6 nitrogen and oxygen atoms in total. The minimum atomic E-state index is -3.06. The molecule has 26 heavy (non-hydrogen) atoms. The zero-order chi connectivity index (χ0) is 18.6. The lowest BCUT2D eigenvalue weighted by molar-refractivity contribution is -0.124. The van der Waals surface area contributed by atoms with Gasteiger partial charge in [-0.05, 0) is 29.7 Å². The topological polar surface area (TPSA) is 89.5 Å². The number of rotatable bonds is 5. The lowest BCUT2D eigenvalue weighted by Gasteiger charge is -2.11. The highest BCUT2D eigenvalue weighted by Gasteiger charge is 2.29. The van der Waals surface area contributed by atoms with E-state index in [2.05, 4.69) is 5.32 Å². The molecule has 2 aromatic carbocycles. The molecule has 0 saturated carbocycles. The largest absolute Gasteiger partial charge is 0.452 e. The molecular formula is C19H19NO5S. The van der Waals surface area contributed by atoms with Crippen LogP contribution in [0.2, 0.25) is 0 Å². The number of esters is 1. The van der Waals surface area contributed by atoms with E-state index in [9.17, 15) is 18.0 Å². The number of ether oxygens (including phenoxy) is 1. The molecule has 1 aliphatic heterocycles. The van der Waals surface area contributed by atoms with Crippen LogP contribution in [0.1, 0.15) is 16.8 Å². The second-order valence-corrected chi connectivity index (χ2v) is 8.42. The van der Waals surface area contributed by atoms with Crippen molar-refractivity contribution in [3.8, 4) is 11.1 Å². The summed E-state index contributed by atoms with van der Waals surface area (Å²) in [4.78, 5) is 23.8. The number of nitrogens with one attached hydrogen (secondary N) is 1. The van der Waals surface area contributed by atoms with Crippen molar-refractivity contribution < 1.29 is 22.7 Å². The second-order valence-electron chi connectivity index (χ2n) is 6.19. The molecular weight excluding hydrogens is 354 g/mol. The van der Waals surface area contributed by atoms with Crippen LogP contribution in [0.15, 0.2) is 54.6 Å². The van der Waals surface area contributed by atoms with Crippen LogP contribution in [0.3, 0.4) is 0 Å². The van der Waals surface area contributed by atoms with Gasteiger partial charge in [-0.3, -0.25) is 4.79 Å². The van der Waals surface area contributed by atoms with Crippen molar-refractivity contribution in [1.29, 1.82) is 0 Å². The number of carbonyl (C=O) groups excluding carboxylic acids is 2. The van der Waals surface area contributed by atoms with Gasteiger partial charge in [0, 0.05) is 6.04 Å². The number of sulfone groups is 1. The third-order valence-corrected chi connectivity index (χ3v) is 5.93. The monoisotopic (exact) mass is 373 g/mol. The van der Waals surface area contributed by atoms with Gasteiger partial charge in [-0.25, -0.2) is 13.2 Å². The molecule has 0 spiro atoms. The highest BCUT2D eigenvalue weighted by molar-refractivity contribution is 7.91. The van der Waals surface area contributed by atoms with Gasteiger partial charge in [0.25, 0.3) is 5.91 Å². The summed E-state index contributed by atoms with van der Waals surface area (Å²) in [6.45, 7) is -0.435. The van der Waals surface area contributed by atoms with E-state index in [-0.39, 0.29) is 11.5 Å². The van der Waals surface area contributed by atoms with Gasteiger partial charge in [-0.1, -0.05) is 42.5 Å². The first-order chi connectivity index (χ1) is 12.4. The van der Waals surface area contributed by atoms with E-state index in [1.165, 1.54) is 0 Å². The average Bonchev–Trinajstić information content (AvgIpc) is 2.99. The van der Waals surface area contributed by atoms with E-state index in [4.69, 9.17) is 4.74 Å². The van der Waals surface area contributed by atoms with Gasteiger partial charge in [0.1, 0.15) is 0 Å². The number of hydrogen-bond donors (Lipinski definition) is 1. The normalized spacial score (nSPS) is 18.2. The minimum absolute atomic E-state index is 0.0619. The number of carbonyl (C=O) groups is 2. The molecule has 1 atom stereocenters. The molecule has 0 bridgehead atoms. The first kappa shape index (κ1) is 18.1. The molecule has 1 saturated heterocycles. The SMILES string of the molecule is O=C(COC(=O)c1ccc(-c2ccccc2)cc1)N[C@@H]1CCS(=O)(=O)C1. The highest BCUT2D eigenvalue weighted by atomic mass is 32.2. The van der Waals surface area contributed by atoms with E-state index in [0.717, 1.165) is 11.1 Å². The number of amides is 1. The fraction of sp³-hybridized carbons (Fsp3) is 0.263. The van der Waals surface area contributed by atoms with Gasteiger partial charge in [0.2, 0.25) is 0 Å². The summed E-state index contributed by atoms with van der Waals surface area (Å²) in [5, 5.41) is 2.58. The maximum absolute atomic E-state index is 12.0. The summed E-state index contributed by atoms with van der Waals surface area (Å²) in [5.74, 6) is -1.08. The Balaban J connectivity index is 1.51. The standard InChI is InChI=1S/C19H19NO5S/c21-18(20-17-10-11-26(23,24)13-17)12-25-19(22)16-8-6-15(7-9-16)14-4-2-1-3-5-14/h1-9,17H,10-13H2,(H,20,21)/t17-/m1/s1. The number of hydrogen-bond acceptors (Lipinski definition) is 5. The zero-order valence-electron chi connectivity index (χ0n) is 14.1. The smallest absolute Gasteiger partial charge is 0.338 e. The summed E-state index contributed by atoms with van der Waals surface area (Å²) in [6.07, 6.45) is 0.392. The van der Waals surface area contributed by atoms with Crippen molar-refractivity contribution in [1.82, 2.24) is 5.32 Å². The zero-order valence-corrected chi connectivity index (χ0v) is 14.9. The van der Waals surface area contributed by atoms with Crippen LogP contribution in [0.4, 0.5) is 0 Å². The van der Waals surface area contributed by atoms with Crippen LogP contribution in [-0.2, 0) is 19.4 Å². The van der Waals surface area contributed by atoms with Crippen LogP contribution in [0.25, 0.3) is 11.1 Å². The summed E-state index contributed by atoms with van der Waals surface area (Å²) < 4.78 is 27.7. The van der Waals surface area contributed by atoms with E-state index < -0.39 is 34.4 Å². The van der Waals surface area contributed by atoms with Crippen molar-refractivity contribution in [2.24, 2.45) is 0 Å². The van der Waals surface area contributed by atoms with Crippen molar-refractivity contribution >= 4 is 21.7 Å². The molecule has 2 aromatic rings. The molecule has 3 rings (SSSR count). The Kier molecular flexibility index (Phi) is 5.37. The van der Waals surface area contributed by atoms with E-state index in [1.54, 1.807) is 12.1 Å². The Labute approximate surface area is 152 Å². The van der Waals surface area contributed by atoms with Gasteiger partial charge < -0.3 is 10.1 Å². The fourth-order valence-corrected chi connectivity index (χ4v) is 4.50. The Bertz CT molecular complexity index is 891. The Morgan fingerprint density at radius 3 is 2.27 bits per heavy atom. The van der Waals surface area contributed by atoms with Crippen LogP contribution in [0.5, 0.6) is 0 Å². The average molecular weight is 373 g/mol. The third kappa shape index (κ3) is 4.70. The first-order valence-corrected chi connectivity index (χ1v) is 10.1. The summed E-state index contributed by atoms with van der Waals surface area (Å²) in [5.41, 5.74) is 2.36. The van der Waals surface area contributed by atoms with Gasteiger partial charge in [-0.2, -0.15) is 0 Å². The minimum Gasteiger partial charge on any atom is -0.452 e. The predicted octanol–water partition coefficient (Wildman–Crippen LogP) is 1.81. The maximum Gasteiger partial charge on any atom is 0.338 e. The molecule has 0 aliphatic carbocycles. The highest BCUT2D eigenvalue weighted by Crippen LogP contribution is 2.19. The first-order valence-electron chi connectivity index (χ1n) is 8.25. The lowest BCUT2D eigenvalue weighted by Crippen LogP contribution is -2.38. The van der Waals surface area contributed by atoms with Crippen LogP contribution in [0, 0.1) is 0 Å². The summed E-state index contributed by atoms with van der Waals surface area (Å²) >= 11 is 0. The van der Waals surface area contributed by atoms with E-state index in [1.807, 2.05) is 42.5 Å². The van der Waals surface area contributed by atoms with Crippen LogP contribution >= 0.6 is 0 Å². The molecule has 7 heteroatoms. The van der Waals surface area contributed by atoms with Crippen molar-refractivity contribution in [3.63, 3.8) is 0 Å². The van der Waals surface area contributed by atoms with Crippen molar-refractivity contribution in [2.75, 3.05) is 18.1 Å². The number of benzene rings is 2. The molecule has 1 aliphatic rings. The summed E-state index contributed by atoms with van der Waals surface area (Å²) in [7, 11) is -3.06. The molecule has 0 radical (unpaired) electrons. The van der Waals surface area contributed by atoms with E-state index >= 15 is 0 Å². The summed E-state index contributed by atoms with van der Waals surface area (Å²) in [6, 6.07) is 16.3. The van der Waals surface area contributed by atoms with Crippen molar-refractivity contribution in [2.45, 2.75) is 12.5 Å². The third-order valence-electron chi connectivity index (χ3n) is 4.16. The second kappa shape index (κ2) is 7.70. The predicted molar refractivity (Wildman–Crippen MR) is 97.4 cm³/mol. The maximum atomic E-state index is 12.0. The Hall–Kier alpha value is -2.67. The van der Waals surface area contributed by atoms with Gasteiger partial charge in [0.15, 0.2) is 16.4 Å². The molecule has 1 heterocycles. The fourth-order valence-electron chi connectivity index (χ4n) is 2.82. The Morgan fingerprint density at radius 1 is 1.00 bits per heavy atom. The molecule has 1 N–H and O–H groups in total. The van der Waals surface area contributed by atoms with Gasteiger partial charge in [0.05, 0.1) is 17.1 Å². The molecule has 1 fully saturated rings. The van der Waals surface area contributed by atoms with Gasteiger partial charge in [-0.15, -0.1) is 0 Å². The molecule has 0 aromatic heterocycles. The molecule has 1 amide bonds. The Morgan fingerprint density at radius 2 is 1.65 bits per heavy atom. The van der Waals surface area contributed by atoms with E-state index in [0.29, 0.717) is 12.0 Å².